The highest BCUT2D eigenvalue weighted by molar-refractivity contribution is 6.11. The number of hydrogen-bond donors (Lipinski definition) is 0. The van der Waals surface area contributed by atoms with E-state index in [2.05, 4.69) is 148 Å². The maximum absolute atomic E-state index is 6.63. The second-order valence-corrected chi connectivity index (χ2v) is 12.5. The number of ether oxygens (including phenoxy) is 1. The first-order valence-electron chi connectivity index (χ1n) is 16.7. The van der Waals surface area contributed by atoms with Gasteiger partial charge in [0.15, 0.2) is 0 Å². The molecule has 0 saturated carbocycles. The van der Waals surface area contributed by atoms with Gasteiger partial charge >= 0.3 is 0 Å². The number of hydrogen-bond acceptors (Lipinski definition) is 5. The van der Waals surface area contributed by atoms with Crippen LogP contribution in [0.3, 0.4) is 0 Å². The summed E-state index contributed by atoms with van der Waals surface area (Å²) in [7, 11) is 0. The second-order valence-electron chi connectivity index (χ2n) is 12.5. The van der Waals surface area contributed by atoms with Crippen LogP contribution in [0, 0.1) is 0 Å². The van der Waals surface area contributed by atoms with Gasteiger partial charge in [-0.25, -0.2) is 4.98 Å². The van der Waals surface area contributed by atoms with Crippen LogP contribution in [-0.2, 0) is 0 Å². The van der Waals surface area contributed by atoms with Crippen molar-refractivity contribution in [1.82, 2.24) is 9.55 Å². The summed E-state index contributed by atoms with van der Waals surface area (Å²) in [5, 5.41) is 3.24. The average molecular weight is 647 g/mol. The first kappa shape index (κ1) is 28.2. The largest absolute Gasteiger partial charge is 0.464 e. The van der Waals surface area contributed by atoms with Crippen molar-refractivity contribution in [3.63, 3.8) is 0 Å². The maximum Gasteiger partial charge on any atom is 0.141 e. The minimum absolute atomic E-state index is 0.705. The molecule has 6 nitrogen and oxygen atoms in total. The minimum atomic E-state index is 0.705. The molecule has 6 heteroatoms. The van der Waals surface area contributed by atoms with E-state index in [-0.39, 0.29) is 0 Å². The van der Waals surface area contributed by atoms with E-state index < -0.39 is 0 Å². The number of aromatic nitrogens is 2. The van der Waals surface area contributed by atoms with E-state index in [1.807, 2.05) is 30.5 Å². The van der Waals surface area contributed by atoms with Crippen LogP contribution in [0.25, 0.3) is 49.7 Å². The number of nitrogens with zero attached hydrogens (tertiary/aromatic N) is 4. The molecular formula is C44H30N4O2. The zero-order valence-corrected chi connectivity index (χ0v) is 27.0. The fraction of sp³-hybridized carbons (Fsp3) is 0.0227. The molecule has 1 aliphatic heterocycles. The zero-order valence-electron chi connectivity index (χ0n) is 27.0. The molecule has 0 amide bonds. The van der Waals surface area contributed by atoms with Gasteiger partial charge in [0.05, 0.1) is 28.7 Å². The van der Waals surface area contributed by atoms with Crippen LogP contribution in [-0.4, -0.2) is 16.2 Å². The van der Waals surface area contributed by atoms with Crippen LogP contribution in [0.2, 0.25) is 0 Å². The molecule has 0 saturated heterocycles. The van der Waals surface area contributed by atoms with Crippen molar-refractivity contribution < 1.29 is 9.15 Å². The number of pyridine rings is 1. The SMILES string of the molecule is c1ccc(-c2ccc3c(c2)c2ccc(Oc4cccc(N5CN(c6ccccc6)c6ccccc65)c4)cc2n3-c2cc3occc3cn2)cc1. The highest BCUT2D eigenvalue weighted by Gasteiger charge is 2.28. The molecule has 3 aromatic heterocycles. The maximum atomic E-state index is 6.63. The van der Waals surface area contributed by atoms with Crippen LogP contribution in [0.1, 0.15) is 0 Å². The predicted octanol–water partition coefficient (Wildman–Crippen LogP) is 11.6. The molecule has 238 valence electrons. The molecule has 0 N–H and O–H groups in total. The van der Waals surface area contributed by atoms with Gasteiger partial charge in [-0.1, -0.05) is 72.8 Å². The quantitative estimate of drug-likeness (QED) is 0.180. The lowest BCUT2D eigenvalue weighted by molar-refractivity contribution is 0.483. The molecule has 9 aromatic rings. The second kappa shape index (κ2) is 11.4. The summed E-state index contributed by atoms with van der Waals surface area (Å²) >= 11 is 0. The van der Waals surface area contributed by atoms with Crippen molar-refractivity contribution in [3.05, 3.63) is 170 Å². The Morgan fingerprint density at radius 1 is 0.540 bits per heavy atom. The Hall–Kier alpha value is -6.79. The number of rotatable bonds is 6. The summed E-state index contributed by atoms with van der Waals surface area (Å²) in [6, 6.07) is 54.8. The van der Waals surface area contributed by atoms with E-state index in [4.69, 9.17) is 14.1 Å². The Kier molecular flexibility index (Phi) is 6.45. The van der Waals surface area contributed by atoms with Gasteiger partial charge < -0.3 is 19.0 Å². The Morgan fingerprint density at radius 2 is 1.28 bits per heavy atom. The minimum Gasteiger partial charge on any atom is -0.464 e. The van der Waals surface area contributed by atoms with E-state index >= 15 is 0 Å². The fourth-order valence-electron chi connectivity index (χ4n) is 7.20. The zero-order chi connectivity index (χ0) is 33.0. The Morgan fingerprint density at radius 3 is 2.12 bits per heavy atom. The number of para-hydroxylation sites is 3. The van der Waals surface area contributed by atoms with Crippen molar-refractivity contribution in [1.29, 1.82) is 0 Å². The van der Waals surface area contributed by atoms with Crippen molar-refractivity contribution in [2.45, 2.75) is 0 Å². The summed E-state index contributed by atoms with van der Waals surface area (Å²) in [5.41, 5.74) is 9.77. The third-order valence-electron chi connectivity index (χ3n) is 9.58. The van der Waals surface area contributed by atoms with E-state index in [1.54, 1.807) is 6.26 Å². The first-order chi connectivity index (χ1) is 24.8. The molecule has 6 aromatic carbocycles. The number of furan rings is 1. The van der Waals surface area contributed by atoms with E-state index in [0.29, 0.717) is 6.67 Å². The molecule has 0 bridgehead atoms. The third kappa shape index (κ3) is 4.69. The van der Waals surface area contributed by atoms with Gasteiger partial charge in [-0.2, -0.15) is 0 Å². The van der Waals surface area contributed by atoms with Crippen LogP contribution >= 0.6 is 0 Å². The lowest BCUT2D eigenvalue weighted by atomic mass is 10.0. The van der Waals surface area contributed by atoms with Gasteiger partial charge in [0.25, 0.3) is 0 Å². The molecule has 0 aliphatic carbocycles. The monoisotopic (exact) mass is 646 g/mol. The van der Waals surface area contributed by atoms with E-state index in [0.717, 1.165) is 72.7 Å². The summed E-state index contributed by atoms with van der Waals surface area (Å²) in [4.78, 5) is 9.54. The van der Waals surface area contributed by atoms with Crippen LogP contribution < -0.4 is 14.5 Å². The Bertz CT molecular complexity index is 2680. The third-order valence-corrected chi connectivity index (χ3v) is 9.58. The van der Waals surface area contributed by atoms with Gasteiger partial charge in [-0.05, 0) is 77.9 Å². The number of fused-ring (bicyclic) bond motifs is 5. The molecule has 0 spiro atoms. The van der Waals surface area contributed by atoms with Crippen LogP contribution in [0.15, 0.2) is 175 Å². The molecule has 10 rings (SSSR count). The highest BCUT2D eigenvalue weighted by Crippen LogP contribution is 2.45. The van der Waals surface area contributed by atoms with Crippen molar-refractivity contribution in [2.75, 3.05) is 16.5 Å². The highest BCUT2D eigenvalue weighted by atomic mass is 16.5. The molecule has 4 heterocycles. The first-order valence-corrected chi connectivity index (χ1v) is 16.7. The summed E-state index contributed by atoms with van der Waals surface area (Å²) in [5.74, 6) is 2.30. The molecular weight excluding hydrogens is 617 g/mol. The van der Waals surface area contributed by atoms with Gasteiger partial charge in [0.1, 0.15) is 29.6 Å². The Labute approximate surface area is 288 Å². The van der Waals surface area contributed by atoms with Gasteiger partial charge in [0.2, 0.25) is 0 Å². The van der Waals surface area contributed by atoms with Gasteiger partial charge in [-0.15, -0.1) is 0 Å². The number of benzene rings is 6. The lowest BCUT2D eigenvalue weighted by Crippen LogP contribution is -2.23. The van der Waals surface area contributed by atoms with Gasteiger partial charge in [-0.3, -0.25) is 4.57 Å². The lowest BCUT2D eigenvalue weighted by Gasteiger charge is -2.22. The Balaban J connectivity index is 1.05. The molecule has 50 heavy (non-hydrogen) atoms. The van der Waals surface area contributed by atoms with Crippen molar-refractivity contribution in [2.24, 2.45) is 0 Å². The summed E-state index contributed by atoms with van der Waals surface area (Å²) in [6.07, 6.45) is 3.57. The van der Waals surface area contributed by atoms with Crippen molar-refractivity contribution >= 4 is 55.5 Å². The van der Waals surface area contributed by atoms with E-state index in [1.165, 1.54) is 11.3 Å². The fourth-order valence-corrected chi connectivity index (χ4v) is 7.20. The van der Waals surface area contributed by atoms with Crippen LogP contribution in [0.5, 0.6) is 11.5 Å². The predicted molar refractivity (Wildman–Crippen MR) is 202 cm³/mol. The summed E-state index contributed by atoms with van der Waals surface area (Å²) in [6.45, 7) is 0.705. The smallest absolute Gasteiger partial charge is 0.141 e. The molecule has 0 radical (unpaired) electrons. The topological polar surface area (TPSA) is 46.7 Å². The van der Waals surface area contributed by atoms with Crippen molar-refractivity contribution in [3.8, 4) is 28.4 Å². The van der Waals surface area contributed by atoms with Gasteiger partial charge in [0, 0.05) is 51.9 Å². The molecule has 0 unspecified atom stereocenters. The summed E-state index contributed by atoms with van der Waals surface area (Å²) < 4.78 is 14.6. The standard InChI is InChI=1S/C44H30N4O2/c1-3-10-30(11-4-1)31-18-21-39-38(24-31)37-20-19-36(26-42(37)48(39)44-27-43-32(28-45-44)22-23-49-43)50-35-15-9-14-34(25-35)47-29-46(33-12-5-2-6-13-33)40-16-7-8-17-41(40)47/h1-28H,29H2. The van der Waals surface area contributed by atoms with E-state index in [9.17, 15) is 0 Å². The normalized spacial score (nSPS) is 12.6. The average Bonchev–Trinajstić information content (AvgIpc) is 3.89. The molecule has 0 fully saturated rings. The molecule has 1 aliphatic rings. The number of anilines is 4. The van der Waals surface area contributed by atoms with Crippen LogP contribution in [0.4, 0.5) is 22.7 Å². The molecule has 0 atom stereocenters.